The van der Waals surface area contributed by atoms with Gasteiger partial charge in [-0.3, -0.25) is 0 Å². The summed E-state index contributed by atoms with van der Waals surface area (Å²) in [6.45, 7) is 14.3. The summed E-state index contributed by atoms with van der Waals surface area (Å²) < 4.78 is 0. The van der Waals surface area contributed by atoms with E-state index >= 15 is 0 Å². The van der Waals surface area contributed by atoms with E-state index in [1.165, 1.54) is 37.7 Å². The standard InChI is InChI=1S/C28H48O3/c1-17(2)18(3)7-8-19(4)22-9-10-23-21-15-25(30)28(31)16-20(29)11-14-27(28,6)24(21)12-13-26(22,23)5/h15,17-20,22-25,29-31H,7-14,16H2,1-6H3/t18?,19-,20?,22-,23+,24+,25?,26-,27-,28?/m1/s1. The first kappa shape index (κ1) is 23.8. The molecule has 4 aliphatic carbocycles. The van der Waals surface area contributed by atoms with Crippen LogP contribution in [0.2, 0.25) is 0 Å². The molecule has 0 aromatic carbocycles. The summed E-state index contributed by atoms with van der Waals surface area (Å²) in [5.74, 6) is 3.96. The monoisotopic (exact) mass is 432 g/mol. The lowest BCUT2D eigenvalue weighted by molar-refractivity contribution is -0.210. The second-order valence-corrected chi connectivity index (χ2v) is 13.0. The average molecular weight is 433 g/mol. The number of fused-ring (bicyclic) bond motifs is 5. The Bertz CT molecular complexity index is 700. The fraction of sp³-hybridized carbons (Fsp3) is 0.929. The molecule has 0 radical (unpaired) electrons. The molecule has 3 fully saturated rings. The average Bonchev–Trinajstić information content (AvgIpc) is 3.05. The van der Waals surface area contributed by atoms with Gasteiger partial charge in [-0.25, -0.2) is 0 Å². The topological polar surface area (TPSA) is 60.7 Å². The molecule has 31 heavy (non-hydrogen) atoms. The predicted molar refractivity (Wildman–Crippen MR) is 126 cm³/mol. The fourth-order valence-corrected chi connectivity index (χ4v) is 8.58. The summed E-state index contributed by atoms with van der Waals surface area (Å²) in [5, 5.41) is 33.0. The molecule has 0 aromatic rings. The Morgan fingerprint density at radius 3 is 2.32 bits per heavy atom. The number of rotatable bonds is 5. The van der Waals surface area contributed by atoms with Crippen LogP contribution in [-0.2, 0) is 0 Å². The number of aliphatic hydroxyl groups excluding tert-OH is 2. The zero-order chi connectivity index (χ0) is 22.8. The predicted octanol–water partition coefficient (Wildman–Crippen LogP) is 5.72. The molecule has 0 aromatic heterocycles. The molecule has 178 valence electrons. The van der Waals surface area contributed by atoms with Crippen molar-refractivity contribution >= 4 is 0 Å². The molecule has 10 atom stereocenters. The molecule has 0 amide bonds. The van der Waals surface area contributed by atoms with Crippen molar-refractivity contribution < 1.29 is 15.3 Å². The molecular weight excluding hydrogens is 384 g/mol. The van der Waals surface area contributed by atoms with Gasteiger partial charge >= 0.3 is 0 Å². The van der Waals surface area contributed by atoms with Crippen LogP contribution in [0, 0.1) is 46.3 Å². The molecule has 4 aliphatic rings. The zero-order valence-corrected chi connectivity index (χ0v) is 20.9. The molecule has 4 unspecified atom stereocenters. The van der Waals surface area contributed by atoms with Gasteiger partial charge in [0.1, 0.15) is 11.7 Å². The van der Waals surface area contributed by atoms with Crippen molar-refractivity contribution in [3.8, 4) is 0 Å². The van der Waals surface area contributed by atoms with Crippen molar-refractivity contribution in [3.05, 3.63) is 11.6 Å². The third-order valence-corrected chi connectivity index (χ3v) is 11.2. The van der Waals surface area contributed by atoms with Crippen molar-refractivity contribution in [2.75, 3.05) is 0 Å². The van der Waals surface area contributed by atoms with Crippen LogP contribution in [0.1, 0.15) is 99.3 Å². The largest absolute Gasteiger partial charge is 0.393 e. The molecule has 0 bridgehead atoms. The number of aliphatic hydroxyl groups is 3. The summed E-state index contributed by atoms with van der Waals surface area (Å²) >= 11 is 0. The number of hydrogen-bond donors (Lipinski definition) is 3. The van der Waals surface area contributed by atoms with E-state index in [1.54, 1.807) is 0 Å². The molecule has 3 heteroatoms. The summed E-state index contributed by atoms with van der Waals surface area (Å²) in [6.07, 6.45) is 10.1. The lowest BCUT2D eigenvalue weighted by atomic mass is 9.45. The first-order valence-corrected chi connectivity index (χ1v) is 13.2. The molecule has 0 heterocycles. The zero-order valence-electron chi connectivity index (χ0n) is 20.9. The van der Waals surface area contributed by atoms with Gasteiger partial charge in [0.2, 0.25) is 0 Å². The minimum absolute atomic E-state index is 0.306. The highest BCUT2D eigenvalue weighted by atomic mass is 16.3. The minimum atomic E-state index is -1.19. The van der Waals surface area contributed by atoms with E-state index in [0.29, 0.717) is 23.7 Å². The van der Waals surface area contributed by atoms with E-state index in [2.05, 4.69) is 41.5 Å². The van der Waals surface area contributed by atoms with Crippen molar-refractivity contribution in [1.29, 1.82) is 0 Å². The first-order valence-electron chi connectivity index (χ1n) is 13.2. The second-order valence-electron chi connectivity index (χ2n) is 13.0. The second kappa shape index (κ2) is 8.13. The Morgan fingerprint density at radius 2 is 1.65 bits per heavy atom. The first-order chi connectivity index (χ1) is 14.4. The van der Waals surface area contributed by atoms with Crippen LogP contribution in [0.15, 0.2) is 11.6 Å². The van der Waals surface area contributed by atoms with Gasteiger partial charge < -0.3 is 15.3 Å². The van der Waals surface area contributed by atoms with Gasteiger partial charge in [0.15, 0.2) is 0 Å². The van der Waals surface area contributed by atoms with Gasteiger partial charge in [0, 0.05) is 11.8 Å². The Hall–Kier alpha value is -0.380. The Balaban J connectivity index is 1.57. The molecule has 0 spiro atoms. The summed E-state index contributed by atoms with van der Waals surface area (Å²) in [4.78, 5) is 0. The van der Waals surface area contributed by atoms with Gasteiger partial charge in [-0.15, -0.1) is 0 Å². The van der Waals surface area contributed by atoms with Crippen LogP contribution >= 0.6 is 0 Å². The van der Waals surface area contributed by atoms with E-state index in [1.807, 2.05) is 6.08 Å². The van der Waals surface area contributed by atoms with E-state index in [4.69, 9.17) is 0 Å². The highest BCUT2D eigenvalue weighted by Crippen LogP contribution is 2.67. The number of hydrogen-bond acceptors (Lipinski definition) is 3. The lowest BCUT2D eigenvalue weighted by Gasteiger charge is -2.62. The summed E-state index contributed by atoms with van der Waals surface area (Å²) in [5.41, 5.74) is 0.260. The third-order valence-electron chi connectivity index (χ3n) is 11.2. The normalized spacial score (nSPS) is 49.1. The van der Waals surface area contributed by atoms with Crippen LogP contribution in [0.3, 0.4) is 0 Å². The van der Waals surface area contributed by atoms with Gasteiger partial charge in [-0.2, -0.15) is 0 Å². The Labute approximate surface area is 190 Å². The highest BCUT2D eigenvalue weighted by molar-refractivity contribution is 5.33. The molecule has 3 N–H and O–H groups in total. The maximum absolute atomic E-state index is 11.6. The van der Waals surface area contributed by atoms with E-state index in [9.17, 15) is 15.3 Å². The van der Waals surface area contributed by atoms with Gasteiger partial charge in [0.05, 0.1) is 6.10 Å². The Kier molecular flexibility index (Phi) is 6.24. The van der Waals surface area contributed by atoms with Crippen LogP contribution < -0.4 is 0 Å². The van der Waals surface area contributed by atoms with Crippen molar-refractivity contribution in [2.45, 2.75) is 117 Å². The molecule has 4 rings (SSSR count). The van der Waals surface area contributed by atoms with E-state index in [-0.39, 0.29) is 5.41 Å². The number of allylic oxidation sites excluding steroid dienone is 1. The van der Waals surface area contributed by atoms with Crippen LogP contribution in [0.4, 0.5) is 0 Å². The highest BCUT2D eigenvalue weighted by Gasteiger charge is 2.64. The molecule has 0 saturated heterocycles. The Morgan fingerprint density at radius 1 is 0.935 bits per heavy atom. The molecule has 3 nitrogen and oxygen atoms in total. The quantitative estimate of drug-likeness (QED) is 0.487. The maximum atomic E-state index is 11.6. The fourth-order valence-electron chi connectivity index (χ4n) is 8.58. The summed E-state index contributed by atoms with van der Waals surface area (Å²) in [6, 6.07) is 0. The van der Waals surface area contributed by atoms with Crippen LogP contribution in [0.25, 0.3) is 0 Å². The van der Waals surface area contributed by atoms with Crippen LogP contribution in [0.5, 0.6) is 0 Å². The molecular formula is C28H48O3. The minimum Gasteiger partial charge on any atom is -0.393 e. The van der Waals surface area contributed by atoms with Crippen molar-refractivity contribution in [1.82, 2.24) is 0 Å². The van der Waals surface area contributed by atoms with Gasteiger partial charge in [-0.1, -0.05) is 66.0 Å². The maximum Gasteiger partial charge on any atom is 0.102 e. The van der Waals surface area contributed by atoms with Gasteiger partial charge in [0.25, 0.3) is 0 Å². The van der Waals surface area contributed by atoms with Gasteiger partial charge in [-0.05, 0) is 79.4 Å². The lowest BCUT2D eigenvalue weighted by Crippen LogP contribution is -2.65. The summed E-state index contributed by atoms with van der Waals surface area (Å²) in [7, 11) is 0. The SMILES string of the molecule is CC(C)C(C)CC[C@@H](C)[C@H]1CC[C@H]2C3=CC(O)C4(O)CC(O)CC[C@]4(C)[C@H]3CC[C@]12C. The smallest absolute Gasteiger partial charge is 0.102 e. The van der Waals surface area contributed by atoms with E-state index in [0.717, 1.165) is 42.9 Å². The van der Waals surface area contributed by atoms with E-state index < -0.39 is 17.8 Å². The van der Waals surface area contributed by atoms with Crippen LogP contribution in [-0.4, -0.2) is 33.1 Å². The third kappa shape index (κ3) is 3.56. The van der Waals surface area contributed by atoms with Crippen molar-refractivity contribution in [3.63, 3.8) is 0 Å². The molecule has 3 saturated carbocycles. The van der Waals surface area contributed by atoms with Crippen molar-refractivity contribution in [2.24, 2.45) is 46.3 Å². The molecule has 0 aliphatic heterocycles.